The topological polar surface area (TPSA) is 94.8 Å². The summed E-state index contributed by atoms with van der Waals surface area (Å²) in [4.78, 5) is 12.6. The van der Waals surface area contributed by atoms with Crippen LogP contribution in [0.25, 0.3) is 0 Å². The summed E-state index contributed by atoms with van der Waals surface area (Å²) in [5.74, 6) is -0.298. The largest absolute Gasteiger partial charge is 0.491 e. The summed E-state index contributed by atoms with van der Waals surface area (Å²) in [7, 11) is 0. The van der Waals surface area contributed by atoms with E-state index in [1.165, 1.54) is 10.7 Å². The number of carbonyl (C=O) groups is 1. The molecular weight excluding hydrogens is 488 g/mol. The minimum Gasteiger partial charge on any atom is -0.491 e. The summed E-state index contributed by atoms with van der Waals surface area (Å²) in [5.41, 5.74) is -1.07. The Bertz CT molecular complexity index is 1050. The van der Waals surface area contributed by atoms with Crippen LogP contribution in [0.15, 0.2) is 24.3 Å². The van der Waals surface area contributed by atoms with Crippen LogP contribution >= 0.6 is 0 Å². The van der Waals surface area contributed by atoms with Crippen molar-refractivity contribution < 1.29 is 50.5 Å². The maximum absolute atomic E-state index is 13.0. The molecule has 2 unspecified atom stereocenters. The lowest BCUT2D eigenvalue weighted by Gasteiger charge is -2.31. The van der Waals surface area contributed by atoms with Crippen LogP contribution in [-0.4, -0.2) is 58.9 Å². The van der Waals surface area contributed by atoms with E-state index in [1.54, 1.807) is 0 Å². The standard InChI is InChI=1S/C21H21F6N3O5/c22-20(23,24)10-33-5-1-2-12-8-30-17(35-12)7-14(29-30)19(32)28-15-9-34-16-4-3-11(21(25,26)27)6-13(16)18(15)31/h3-4,6-7,12,15,18,31H,1-2,5,8-10H2,(H,28,32)/t12?,15-,18?/m0/s1. The van der Waals surface area contributed by atoms with Gasteiger partial charge in [-0.15, -0.1) is 0 Å². The van der Waals surface area contributed by atoms with Crippen LogP contribution in [0.5, 0.6) is 11.6 Å². The van der Waals surface area contributed by atoms with Crippen molar-refractivity contribution in [3.63, 3.8) is 0 Å². The number of hydrogen-bond acceptors (Lipinski definition) is 6. The summed E-state index contributed by atoms with van der Waals surface area (Å²) >= 11 is 0. The molecular formula is C21H21F6N3O5. The minimum atomic E-state index is -4.60. The fraction of sp³-hybridized carbons (Fsp3) is 0.524. The fourth-order valence-corrected chi connectivity index (χ4v) is 3.83. The SMILES string of the molecule is O=C(N[C@H]1COc2ccc(C(F)(F)F)cc2C1O)c1cc2n(n1)CC(CCCOCC(F)(F)F)O2. The van der Waals surface area contributed by atoms with Crippen LogP contribution in [0.2, 0.25) is 0 Å². The van der Waals surface area contributed by atoms with Gasteiger partial charge in [-0.2, -0.15) is 31.4 Å². The smallest absolute Gasteiger partial charge is 0.416 e. The van der Waals surface area contributed by atoms with Gasteiger partial charge in [-0.25, -0.2) is 4.68 Å². The third kappa shape index (κ3) is 5.99. The molecule has 0 saturated carbocycles. The first-order valence-corrected chi connectivity index (χ1v) is 10.6. The Labute approximate surface area is 194 Å². The van der Waals surface area contributed by atoms with Crippen molar-refractivity contribution in [2.75, 3.05) is 19.8 Å². The van der Waals surface area contributed by atoms with Gasteiger partial charge in [-0.05, 0) is 31.0 Å². The second-order valence-electron chi connectivity index (χ2n) is 8.19. The predicted octanol–water partition coefficient (Wildman–Crippen LogP) is 3.25. The molecule has 0 radical (unpaired) electrons. The molecule has 0 aliphatic carbocycles. The van der Waals surface area contributed by atoms with Crippen molar-refractivity contribution in [3.05, 3.63) is 41.1 Å². The zero-order valence-electron chi connectivity index (χ0n) is 18.0. The number of aliphatic hydroxyl groups is 1. The van der Waals surface area contributed by atoms with Crippen molar-refractivity contribution in [2.45, 2.75) is 50.0 Å². The number of fused-ring (bicyclic) bond motifs is 2. The Hall–Kier alpha value is -3.00. The highest BCUT2D eigenvalue weighted by molar-refractivity contribution is 5.92. The van der Waals surface area contributed by atoms with Gasteiger partial charge >= 0.3 is 12.4 Å². The minimum absolute atomic E-state index is 0.0333. The van der Waals surface area contributed by atoms with E-state index in [-0.39, 0.29) is 48.7 Å². The van der Waals surface area contributed by atoms with Crippen LogP contribution in [0, 0.1) is 0 Å². The van der Waals surface area contributed by atoms with Crippen LogP contribution in [0.1, 0.15) is 40.6 Å². The second kappa shape index (κ2) is 9.57. The zero-order valence-corrected chi connectivity index (χ0v) is 18.0. The molecule has 1 amide bonds. The molecule has 2 aliphatic heterocycles. The van der Waals surface area contributed by atoms with Crippen LogP contribution in [0.4, 0.5) is 26.3 Å². The zero-order chi connectivity index (χ0) is 25.4. The van der Waals surface area contributed by atoms with Gasteiger partial charge in [0.1, 0.15) is 31.2 Å². The third-order valence-electron chi connectivity index (χ3n) is 5.49. The maximum Gasteiger partial charge on any atom is 0.416 e. The van der Waals surface area contributed by atoms with Gasteiger partial charge in [0, 0.05) is 18.2 Å². The van der Waals surface area contributed by atoms with E-state index in [1.807, 2.05) is 0 Å². The van der Waals surface area contributed by atoms with E-state index in [0.29, 0.717) is 12.8 Å². The molecule has 2 aromatic rings. The van der Waals surface area contributed by atoms with Crippen molar-refractivity contribution in [1.29, 1.82) is 0 Å². The van der Waals surface area contributed by atoms with E-state index < -0.39 is 42.6 Å². The Morgan fingerprint density at radius 1 is 1.23 bits per heavy atom. The molecule has 35 heavy (non-hydrogen) atoms. The normalized spacial score (nSPS) is 21.6. The molecule has 0 fully saturated rings. The number of halogens is 6. The molecule has 1 aromatic carbocycles. The monoisotopic (exact) mass is 509 g/mol. The maximum atomic E-state index is 13.0. The Kier molecular flexibility index (Phi) is 6.86. The Morgan fingerprint density at radius 2 is 2.00 bits per heavy atom. The number of amides is 1. The van der Waals surface area contributed by atoms with Gasteiger partial charge in [0.15, 0.2) is 5.69 Å². The highest BCUT2D eigenvalue weighted by atomic mass is 19.4. The number of carbonyl (C=O) groups excluding carboxylic acids is 1. The lowest BCUT2D eigenvalue weighted by Crippen LogP contribution is -2.45. The third-order valence-corrected chi connectivity index (χ3v) is 5.49. The highest BCUT2D eigenvalue weighted by Gasteiger charge is 2.36. The molecule has 2 N–H and O–H groups in total. The van der Waals surface area contributed by atoms with Crippen LogP contribution < -0.4 is 14.8 Å². The number of ether oxygens (including phenoxy) is 3. The number of aromatic nitrogens is 2. The number of aliphatic hydroxyl groups excluding tert-OH is 1. The van der Waals surface area contributed by atoms with E-state index in [2.05, 4.69) is 15.2 Å². The molecule has 14 heteroatoms. The van der Waals surface area contributed by atoms with Crippen molar-refractivity contribution in [2.24, 2.45) is 0 Å². The van der Waals surface area contributed by atoms with Crippen molar-refractivity contribution in [1.82, 2.24) is 15.1 Å². The summed E-state index contributed by atoms with van der Waals surface area (Å²) in [6.45, 7) is -1.26. The van der Waals surface area contributed by atoms with Gasteiger partial charge < -0.3 is 24.6 Å². The number of rotatable bonds is 7. The predicted molar refractivity (Wildman–Crippen MR) is 106 cm³/mol. The molecule has 2 aliphatic rings. The van der Waals surface area contributed by atoms with Crippen LogP contribution in [-0.2, 0) is 17.5 Å². The number of nitrogens with one attached hydrogen (secondary N) is 1. The lowest BCUT2D eigenvalue weighted by molar-refractivity contribution is -0.174. The van der Waals surface area contributed by atoms with E-state index in [4.69, 9.17) is 9.47 Å². The highest BCUT2D eigenvalue weighted by Crippen LogP contribution is 2.38. The van der Waals surface area contributed by atoms with Gasteiger partial charge in [0.05, 0.1) is 18.2 Å². The fourth-order valence-electron chi connectivity index (χ4n) is 3.83. The van der Waals surface area contributed by atoms with Gasteiger partial charge in [-0.3, -0.25) is 4.79 Å². The average molecular weight is 509 g/mol. The second-order valence-corrected chi connectivity index (χ2v) is 8.19. The quantitative estimate of drug-likeness (QED) is 0.440. The molecule has 4 rings (SSSR count). The number of nitrogens with zero attached hydrogens (tertiary/aromatic N) is 2. The van der Waals surface area contributed by atoms with E-state index >= 15 is 0 Å². The molecule has 0 saturated heterocycles. The molecule has 0 bridgehead atoms. The van der Waals surface area contributed by atoms with E-state index in [9.17, 15) is 36.2 Å². The number of benzene rings is 1. The van der Waals surface area contributed by atoms with Gasteiger partial charge in [0.25, 0.3) is 5.91 Å². The molecule has 8 nitrogen and oxygen atoms in total. The van der Waals surface area contributed by atoms with Crippen molar-refractivity contribution in [3.8, 4) is 11.6 Å². The first kappa shape index (κ1) is 25.1. The molecule has 1 aromatic heterocycles. The molecule has 0 spiro atoms. The summed E-state index contributed by atoms with van der Waals surface area (Å²) in [6, 6.07) is 3.10. The van der Waals surface area contributed by atoms with Gasteiger partial charge in [0.2, 0.25) is 5.88 Å². The summed E-state index contributed by atoms with van der Waals surface area (Å²) in [6.07, 6.45) is -9.98. The Balaban J connectivity index is 1.30. The first-order valence-electron chi connectivity index (χ1n) is 10.6. The molecule has 3 heterocycles. The van der Waals surface area contributed by atoms with Gasteiger partial charge in [-0.1, -0.05) is 0 Å². The lowest BCUT2D eigenvalue weighted by atomic mass is 9.97. The summed E-state index contributed by atoms with van der Waals surface area (Å²) in [5, 5.41) is 17.2. The van der Waals surface area contributed by atoms with E-state index in [0.717, 1.165) is 18.2 Å². The average Bonchev–Trinajstić information content (AvgIpc) is 3.33. The van der Waals surface area contributed by atoms with Crippen molar-refractivity contribution >= 4 is 5.91 Å². The molecule has 192 valence electrons. The number of hydrogen-bond donors (Lipinski definition) is 2. The Morgan fingerprint density at radius 3 is 2.69 bits per heavy atom. The molecule has 3 atom stereocenters. The first-order chi connectivity index (χ1) is 16.4. The van der Waals surface area contributed by atoms with Crippen LogP contribution in [0.3, 0.4) is 0 Å². The summed E-state index contributed by atoms with van der Waals surface area (Å²) < 4.78 is 92.2. The number of alkyl halides is 6.